The Bertz CT molecular complexity index is 1290. The molecule has 0 saturated heterocycles. The van der Waals surface area contributed by atoms with Crippen molar-refractivity contribution in [2.24, 2.45) is 0 Å². The number of hydrogen-bond acceptors (Lipinski definition) is 4. The van der Waals surface area contributed by atoms with E-state index in [1.165, 1.54) is 29.3 Å². The summed E-state index contributed by atoms with van der Waals surface area (Å²) in [5.41, 5.74) is 0.535. The zero-order chi connectivity index (χ0) is 22.0. The molecular formula is C24H24F2N2O2S. The molecule has 2 aromatic heterocycles. The van der Waals surface area contributed by atoms with Gasteiger partial charge in [-0.2, -0.15) is 0 Å². The first-order valence-corrected chi connectivity index (χ1v) is 11.5. The van der Waals surface area contributed by atoms with Crippen molar-refractivity contribution in [3.63, 3.8) is 0 Å². The van der Waals surface area contributed by atoms with E-state index in [1.54, 1.807) is 4.57 Å². The Balaban J connectivity index is 1.77. The maximum Gasteiger partial charge on any atom is 0.200 e. The third kappa shape index (κ3) is 3.26. The molecule has 3 aromatic rings. The molecule has 1 fully saturated rings. The summed E-state index contributed by atoms with van der Waals surface area (Å²) in [7, 11) is 4.05. The van der Waals surface area contributed by atoms with E-state index in [2.05, 4.69) is 4.90 Å². The Morgan fingerprint density at radius 1 is 1.19 bits per heavy atom. The first kappa shape index (κ1) is 20.5. The number of nitrogens with zero attached hydrogens (tertiary/aromatic N) is 2. The number of thiophene rings is 1. The first-order chi connectivity index (χ1) is 14.8. The van der Waals surface area contributed by atoms with Gasteiger partial charge in [-0.25, -0.2) is 8.78 Å². The number of hydrogen-bond donors (Lipinski definition) is 0. The average molecular weight is 443 g/mol. The van der Waals surface area contributed by atoms with Gasteiger partial charge in [0.05, 0.1) is 22.0 Å². The number of aryl methyl sites for hydroxylation is 1. The second kappa shape index (κ2) is 7.35. The molecule has 2 aliphatic rings. The maximum absolute atomic E-state index is 15.9. The van der Waals surface area contributed by atoms with Crippen LogP contribution in [-0.4, -0.2) is 29.3 Å². The lowest BCUT2D eigenvalue weighted by Gasteiger charge is -2.28. The standard InChI is InChI=1S/C24H24F2N2O2S/c1-12(29)16-11-28(13-7-8-13)23-15(24(16)30)9-17(25)21(22(23)26)20-10-14-18(27(2)3)5-4-6-19(14)31-20/h9-11,13,18H,4-8H2,1-3H3. The predicted molar refractivity (Wildman–Crippen MR) is 119 cm³/mol. The van der Waals surface area contributed by atoms with Gasteiger partial charge in [0.1, 0.15) is 5.82 Å². The van der Waals surface area contributed by atoms with Crippen molar-refractivity contribution in [3.05, 3.63) is 56.2 Å². The van der Waals surface area contributed by atoms with Crippen molar-refractivity contribution in [3.8, 4) is 10.4 Å². The third-order valence-corrected chi connectivity index (χ3v) is 7.71. The summed E-state index contributed by atoms with van der Waals surface area (Å²) in [5.74, 6) is -1.87. The zero-order valence-electron chi connectivity index (χ0n) is 17.8. The van der Waals surface area contributed by atoms with Gasteiger partial charge in [-0.15, -0.1) is 11.3 Å². The van der Waals surface area contributed by atoms with E-state index in [1.807, 2.05) is 20.2 Å². The molecule has 0 bridgehead atoms. The Kier molecular flexibility index (Phi) is 4.86. The smallest absolute Gasteiger partial charge is 0.200 e. The first-order valence-electron chi connectivity index (χ1n) is 10.6. The Hall–Kier alpha value is -2.38. The second-order valence-corrected chi connectivity index (χ2v) is 10.0. The lowest BCUT2D eigenvalue weighted by molar-refractivity contribution is 0.101. The number of pyridine rings is 1. The fraction of sp³-hybridized carbons (Fsp3) is 0.417. The molecule has 0 N–H and O–H groups in total. The molecule has 5 rings (SSSR count). The summed E-state index contributed by atoms with van der Waals surface area (Å²) in [6.45, 7) is 1.30. The SMILES string of the molecule is CC(=O)c1cn(C2CC2)c2c(F)c(-c3cc4c(s3)CCCC4N(C)C)c(F)cc2c1=O. The minimum atomic E-state index is -0.759. The number of rotatable bonds is 4. The van der Waals surface area contributed by atoms with Crippen LogP contribution in [0.25, 0.3) is 21.3 Å². The minimum Gasteiger partial charge on any atom is -0.341 e. The van der Waals surface area contributed by atoms with E-state index in [9.17, 15) is 9.59 Å². The van der Waals surface area contributed by atoms with Crippen LogP contribution in [0.5, 0.6) is 0 Å². The fourth-order valence-corrected chi connectivity index (χ4v) is 6.05. The summed E-state index contributed by atoms with van der Waals surface area (Å²) < 4.78 is 32.8. The van der Waals surface area contributed by atoms with Crippen molar-refractivity contribution in [1.29, 1.82) is 0 Å². The number of Topliss-reactive ketones (excluding diaryl/α,β-unsaturated/α-hetero) is 1. The van der Waals surface area contributed by atoms with Gasteiger partial charge in [0.25, 0.3) is 0 Å². The molecule has 1 saturated carbocycles. The van der Waals surface area contributed by atoms with Gasteiger partial charge in [0.15, 0.2) is 17.0 Å². The number of benzene rings is 1. The Morgan fingerprint density at radius 2 is 1.94 bits per heavy atom. The fourth-order valence-electron chi connectivity index (χ4n) is 4.75. The highest BCUT2D eigenvalue weighted by molar-refractivity contribution is 7.15. The van der Waals surface area contributed by atoms with Crippen molar-refractivity contribution in [1.82, 2.24) is 9.47 Å². The van der Waals surface area contributed by atoms with Gasteiger partial charge in [0.2, 0.25) is 0 Å². The highest BCUT2D eigenvalue weighted by Crippen LogP contribution is 2.45. The van der Waals surface area contributed by atoms with Crippen molar-refractivity contribution >= 4 is 28.0 Å². The number of halogens is 2. The van der Waals surface area contributed by atoms with E-state index >= 15 is 8.78 Å². The molecule has 0 aliphatic heterocycles. The summed E-state index contributed by atoms with van der Waals surface area (Å²) in [5, 5.41) is -0.0640. The molecule has 162 valence electrons. The molecule has 31 heavy (non-hydrogen) atoms. The van der Waals surface area contributed by atoms with Crippen LogP contribution in [0.4, 0.5) is 8.78 Å². The molecule has 1 unspecified atom stereocenters. The number of aromatic nitrogens is 1. The van der Waals surface area contributed by atoms with Gasteiger partial charge in [-0.1, -0.05) is 0 Å². The third-order valence-electron chi connectivity index (χ3n) is 6.48. The van der Waals surface area contributed by atoms with E-state index in [0.717, 1.165) is 43.7 Å². The number of fused-ring (bicyclic) bond motifs is 2. The average Bonchev–Trinajstić information content (AvgIpc) is 3.46. The molecule has 1 aromatic carbocycles. The van der Waals surface area contributed by atoms with Crippen LogP contribution in [0, 0.1) is 11.6 Å². The topological polar surface area (TPSA) is 42.3 Å². The van der Waals surface area contributed by atoms with E-state index in [4.69, 9.17) is 0 Å². The lowest BCUT2D eigenvalue weighted by atomic mass is 9.92. The van der Waals surface area contributed by atoms with Gasteiger partial charge in [-0.3, -0.25) is 9.59 Å². The highest BCUT2D eigenvalue weighted by Gasteiger charge is 2.31. The van der Waals surface area contributed by atoms with E-state index in [0.29, 0.717) is 4.88 Å². The Morgan fingerprint density at radius 3 is 2.58 bits per heavy atom. The number of carbonyl (C=O) groups excluding carboxylic acids is 1. The quantitative estimate of drug-likeness (QED) is 0.502. The molecule has 2 aliphatic carbocycles. The molecule has 0 radical (unpaired) electrons. The normalized spacial score (nSPS) is 18.6. The molecule has 4 nitrogen and oxygen atoms in total. The van der Waals surface area contributed by atoms with Crippen LogP contribution in [0.3, 0.4) is 0 Å². The van der Waals surface area contributed by atoms with Crippen LogP contribution in [0.1, 0.15) is 65.5 Å². The zero-order valence-corrected chi connectivity index (χ0v) is 18.6. The summed E-state index contributed by atoms with van der Waals surface area (Å²) in [6, 6.07) is 3.30. The maximum atomic E-state index is 15.9. The molecule has 0 spiro atoms. The van der Waals surface area contributed by atoms with Crippen LogP contribution in [-0.2, 0) is 6.42 Å². The van der Waals surface area contributed by atoms with Gasteiger partial charge in [-0.05, 0) is 70.8 Å². The minimum absolute atomic E-state index is 0.0219. The van der Waals surface area contributed by atoms with Crippen molar-refractivity contribution in [2.75, 3.05) is 14.1 Å². The van der Waals surface area contributed by atoms with E-state index in [-0.39, 0.29) is 34.1 Å². The number of ketones is 1. The monoisotopic (exact) mass is 442 g/mol. The molecule has 2 heterocycles. The van der Waals surface area contributed by atoms with Crippen LogP contribution >= 0.6 is 11.3 Å². The van der Waals surface area contributed by atoms with Gasteiger partial charge in [0, 0.05) is 28.0 Å². The molecule has 0 amide bonds. The summed E-state index contributed by atoms with van der Waals surface area (Å²) in [6.07, 6.45) is 6.13. The number of carbonyl (C=O) groups is 1. The molecule has 7 heteroatoms. The summed E-state index contributed by atoms with van der Waals surface area (Å²) >= 11 is 1.44. The summed E-state index contributed by atoms with van der Waals surface area (Å²) in [4.78, 5) is 28.7. The second-order valence-electron chi connectivity index (χ2n) is 8.87. The largest absolute Gasteiger partial charge is 0.341 e. The predicted octanol–water partition coefficient (Wildman–Crippen LogP) is 5.48. The van der Waals surface area contributed by atoms with Crippen LogP contribution in [0.15, 0.2) is 23.1 Å². The molecular weight excluding hydrogens is 418 g/mol. The van der Waals surface area contributed by atoms with Crippen molar-refractivity contribution < 1.29 is 13.6 Å². The van der Waals surface area contributed by atoms with Crippen LogP contribution < -0.4 is 5.43 Å². The Labute approximate surface area is 183 Å². The highest BCUT2D eigenvalue weighted by atomic mass is 32.1. The van der Waals surface area contributed by atoms with Crippen molar-refractivity contribution in [2.45, 2.75) is 51.1 Å². The molecule has 1 atom stereocenters. The van der Waals surface area contributed by atoms with Crippen LogP contribution in [0.2, 0.25) is 0 Å². The van der Waals surface area contributed by atoms with Gasteiger partial charge < -0.3 is 9.47 Å². The van der Waals surface area contributed by atoms with Gasteiger partial charge >= 0.3 is 0 Å². The van der Waals surface area contributed by atoms with E-state index < -0.39 is 22.8 Å². The lowest BCUT2D eigenvalue weighted by Crippen LogP contribution is -2.22.